The molecule has 1 heterocycles. The Labute approximate surface area is 118 Å². The van der Waals surface area contributed by atoms with Crippen LogP contribution in [-0.2, 0) is 13.6 Å². The molecule has 3 N–H and O–H groups in total. The molecule has 1 aromatic carbocycles. The van der Waals surface area contributed by atoms with E-state index in [0.29, 0.717) is 17.8 Å². The molecule has 0 bridgehead atoms. The molecule has 2 rings (SSSR count). The smallest absolute Gasteiger partial charge is 0.253 e. The van der Waals surface area contributed by atoms with Crippen LogP contribution in [-0.4, -0.2) is 15.7 Å². The molecule has 1 amide bonds. The van der Waals surface area contributed by atoms with Crippen LogP contribution in [0.3, 0.4) is 0 Å². The second-order valence-corrected chi connectivity index (χ2v) is 5.05. The number of amides is 1. The van der Waals surface area contributed by atoms with Crippen LogP contribution in [0.1, 0.15) is 32.9 Å². The number of aromatic nitrogens is 2. The van der Waals surface area contributed by atoms with Crippen LogP contribution in [0, 0.1) is 20.8 Å². The zero-order valence-corrected chi connectivity index (χ0v) is 12.3. The fourth-order valence-corrected chi connectivity index (χ4v) is 2.20. The Kier molecular flexibility index (Phi) is 3.79. The molecule has 0 unspecified atom stereocenters. The average molecular weight is 272 g/mol. The van der Waals surface area contributed by atoms with Gasteiger partial charge >= 0.3 is 0 Å². The third-order valence-electron chi connectivity index (χ3n) is 3.54. The minimum absolute atomic E-state index is 0.158. The summed E-state index contributed by atoms with van der Waals surface area (Å²) in [5.74, 6) is -0.158. The number of carbonyl (C=O) groups excluding carboxylic acids is 1. The summed E-state index contributed by atoms with van der Waals surface area (Å²) < 4.78 is 1.82. The van der Waals surface area contributed by atoms with E-state index in [4.69, 9.17) is 5.73 Å². The first-order valence-corrected chi connectivity index (χ1v) is 6.53. The lowest BCUT2D eigenvalue weighted by atomic mass is 10.1. The van der Waals surface area contributed by atoms with E-state index in [-0.39, 0.29) is 5.91 Å². The molecule has 0 saturated carbocycles. The molecule has 5 heteroatoms. The van der Waals surface area contributed by atoms with Crippen molar-refractivity contribution in [3.8, 4) is 0 Å². The topological polar surface area (TPSA) is 72.9 Å². The zero-order valence-electron chi connectivity index (χ0n) is 12.3. The first kappa shape index (κ1) is 14.1. The predicted octanol–water partition coefficient (Wildman–Crippen LogP) is 1.86. The van der Waals surface area contributed by atoms with Gasteiger partial charge in [-0.2, -0.15) is 5.10 Å². The zero-order chi connectivity index (χ0) is 14.9. The molecule has 0 atom stereocenters. The maximum Gasteiger partial charge on any atom is 0.253 e. The highest BCUT2D eigenvalue weighted by Gasteiger charge is 2.13. The Morgan fingerprint density at radius 3 is 2.65 bits per heavy atom. The third-order valence-corrected chi connectivity index (χ3v) is 3.54. The standard InChI is InChI=1S/C15H20N4O/c1-9-5-6-14(16)12(7-9)15(20)17-8-13-10(2)18-19(4)11(13)3/h5-7H,8,16H2,1-4H3,(H,17,20). The normalized spacial score (nSPS) is 10.6. The van der Waals surface area contributed by atoms with Crippen LogP contribution in [0.5, 0.6) is 0 Å². The fourth-order valence-electron chi connectivity index (χ4n) is 2.20. The first-order valence-electron chi connectivity index (χ1n) is 6.53. The molecule has 106 valence electrons. The van der Waals surface area contributed by atoms with Gasteiger partial charge in [0.15, 0.2) is 0 Å². The summed E-state index contributed by atoms with van der Waals surface area (Å²) in [6, 6.07) is 5.44. The van der Waals surface area contributed by atoms with Gasteiger partial charge in [-0.15, -0.1) is 0 Å². The number of hydrogen-bond donors (Lipinski definition) is 2. The minimum atomic E-state index is -0.158. The van der Waals surface area contributed by atoms with E-state index < -0.39 is 0 Å². The van der Waals surface area contributed by atoms with E-state index in [2.05, 4.69) is 10.4 Å². The van der Waals surface area contributed by atoms with Crippen molar-refractivity contribution in [3.05, 3.63) is 46.3 Å². The van der Waals surface area contributed by atoms with E-state index in [1.165, 1.54) is 0 Å². The summed E-state index contributed by atoms with van der Waals surface area (Å²) in [4.78, 5) is 12.2. The number of nitrogens with zero attached hydrogens (tertiary/aromatic N) is 2. The van der Waals surface area contributed by atoms with Crippen molar-refractivity contribution in [2.75, 3.05) is 5.73 Å². The van der Waals surface area contributed by atoms with Crippen molar-refractivity contribution >= 4 is 11.6 Å². The molecule has 1 aromatic heterocycles. The second-order valence-electron chi connectivity index (χ2n) is 5.05. The molecule has 0 aliphatic carbocycles. The van der Waals surface area contributed by atoms with Crippen LogP contribution in [0.4, 0.5) is 5.69 Å². The lowest BCUT2D eigenvalue weighted by Gasteiger charge is -2.09. The van der Waals surface area contributed by atoms with Crippen LogP contribution >= 0.6 is 0 Å². The van der Waals surface area contributed by atoms with Gasteiger partial charge in [0.2, 0.25) is 0 Å². The van der Waals surface area contributed by atoms with E-state index in [9.17, 15) is 4.79 Å². The van der Waals surface area contributed by atoms with Gasteiger partial charge in [-0.1, -0.05) is 11.6 Å². The molecule has 2 aromatic rings. The Morgan fingerprint density at radius 2 is 2.05 bits per heavy atom. The van der Waals surface area contributed by atoms with Gasteiger partial charge in [-0.05, 0) is 32.9 Å². The predicted molar refractivity (Wildman–Crippen MR) is 79.4 cm³/mol. The molecule has 0 aliphatic rings. The maximum absolute atomic E-state index is 12.2. The Bertz CT molecular complexity index is 658. The highest BCUT2D eigenvalue weighted by Crippen LogP contribution is 2.15. The lowest BCUT2D eigenvalue weighted by molar-refractivity contribution is 0.0951. The average Bonchev–Trinajstić information content (AvgIpc) is 2.64. The SMILES string of the molecule is Cc1ccc(N)c(C(=O)NCc2c(C)nn(C)c2C)c1. The van der Waals surface area contributed by atoms with Crippen molar-refractivity contribution in [2.24, 2.45) is 7.05 Å². The molecule has 0 radical (unpaired) electrons. The van der Waals surface area contributed by atoms with Crippen LogP contribution in [0.2, 0.25) is 0 Å². The third kappa shape index (κ3) is 2.66. The van der Waals surface area contributed by atoms with E-state index >= 15 is 0 Å². The molecule has 20 heavy (non-hydrogen) atoms. The van der Waals surface area contributed by atoms with E-state index in [1.807, 2.05) is 38.6 Å². The highest BCUT2D eigenvalue weighted by molar-refractivity contribution is 5.99. The highest BCUT2D eigenvalue weighted by atomic mass is 16.1. The van der Waals surface area contributed by atoms with Crippen LogP contribution < -0.4 is 11.1 Å². The number of anilines is 1. The Balaban J connectivity index is 2.15. The molecule has 0 fully saturated rings. The van der Waals surface area contributed by atoms with Crippen LogP contribution in [0.25, 0.3) is 0 Å². The van der Waals surface area contributed by atoms with E-state index in [0.717, 1.165) is 22.5 Å². The van der Waals surface area contributed by atoms with Crippen molar-refractivity contribution < 1.29 is 4.79 Å². The van der Waals surface area contributed by atoms with Crippen molar-refractivity contribution in [2.45, 2.75) is 27.3 Å². The number of nitrogen functional groups attached to an aromatic ring is 1. The fraction of sp³-hybridized carbons (Fsp3) is 0.333. The maximum atomic E-state index is 12.2. The van der Waals surface area contributed by atoms with Crippen LogP contribution in [0.15, 0.2) is 18.2 Å². The van der Waals surface area contributed by atoms with Gasteiger partial charge in [0.25, 0.3) is 5.91 Å². The molecule has 0 spiro atoms. The number of nitrogens with two attached hydrogens (primary N) is 1. The molecule has 0 saturated heterocycles. The summed E-state index contributed by atoms with van der Waals surface area (Å²) in [5, 5.41) is 7.24. The van der Waals surface area contributed by atoms with Crippen molar-refractivity contribution in [3.63, 3.8) is 0 Å². The molecule has 5 nitrogen and oxygen atoms in total. The van der Waals surface area contributed by atoms with Gasteiger partial charge in [0, 0.05) is 30.5 Å². The van der Waals surface area contributed by atoms with Gasteiger partial charge < -0.3 is 11.1 Å². The first-order chi connectivity index (χ1) is 9.40. The number of hydrogen-bond acceptors (Lipinski definition) is 3. The number of nitrogens with one attached hydrogen (secondary N) is 1. The quantitative estimate of drug-likeness (QED) is 0.838. The van der Waals surface area contributed by atoms with E-state index in [1.54, 1.807) is 12.1 Å². The number of rotatable bonds is 3. The monoisotopic (exact) mass is 272 g/mol. The summed E-state index contributed by atoms with van der Waals surface area (Å²) in [7, 11) is 1.90. The summed E-state index contributed by atoms with van der Waals surface area (Å²) in [6.07, 6.45) is 0. The van der Waals surface area contributed by atoms with Gasteiger partial charge in [-0.25, -0.2) is 0 Å². The lowest BCUT2D eigenvalue weighted by Crippen LogP contribution is -2.24. The Hall–Kier alpha value is -2.30. The number of benzene rings is 1. The van der Waals surface area contributed by atoms with Gasteiger partial charge in [-0.3, -0.25) is 9.48 Å². The van der Waals surface area contributed by atoms with Gasteiger partial charge in [0.1, 0.15) is 0 Å². The summed E-state index contributed by atoms with van der Waals surface area (Å²) >= 11 is 0. The summed E-state index contributed by atoms with van der Waals surface area (Å²) in [6.45, 7) is 6.32. The Morgan fingerprint density at radius 1 is 1.35 bits per heavy atom. The molecule has 0 aliphatic heterocycles. The molecular formula is C15H20N4O. The summed E-state index contributed by atoms with van der Waals surface area (Å²) in [5.41, 5.74) is 10.9. The van der Waals surface area contributed by atoms with Crippen molar-refractivity contribution in [1.29, 1.82) is 0 Å². The molecular weight excluding hydrogens is 252 g/mol. The van der Waals surface area contributed by atoms with Gasteiger partial charge in [0.05, 0.1) is 11.3 Å². The minimum Gasteiger partial charge on any atom is -0.398 e. The second kappa shape index (κ2) is 5.36. The van der Waals surface area contributed by atoms with Crippen molar-refractivity contribution in [1.82, 2.24) is 15.1 Å². The number of carbonyl (C=O) groups is 1. The number of aryl methyl sites for hydroxylation is 3. The largest absolute Gasteiger partial charge is 0.398 e.